The summed E-state index contributed by atoms with van der Waals surface area (Å²) in [5, 5.41) is 0. The maximum absolute atomic E-state index is 6.42. The zero-order chi connectivity index (χ0) is 13.2. The fraction of sp³-hybridized carbons (Fsp3) is 0.625. The van der Waals surface area contributed by atoms with Gasteiger partial charge in [-0.3, -0.25) is 0 Å². The van der Waals surface area contributed by atoms with Crippen LogP contribution in [0.5, 0.6) is 0 Å². The van der Waals surface area contributed by atoms with E-state index in [1.54, 1.807) is 0 Å². The molecule has 2 atom stereocenters. The molecule has 1 fully saturated rings. The second-order valence-electron chi connectivity index (χ2n) is 5.48. The molecule has 2 nitrogen and oxygen atoms in total. The van der Waals surface area contributed by atoms with Gasteiger partial charge in [-0.15, -0.1) is 0 Å². The minimum absolute atomic E-state index is 0.0174. The SMILES string of the molecule is CCc1ccc(C(N)C2(C)CCCO2)cc1CC. The van der Waals surface area contributed by atoms with Crippen molar-refractivity contribution in [3.63, 3.8) is 0 Å². The van der Waals surface area contributed by atoms with Crippen LogP contribution in [0.2, 0.25) is 0 Å². The molecule has 2 heteroatoms. The Morgan fingerprint density at radius 2 is 2.00 bits per heavy atom. The van der Waals surface area contributed by atoms with Gasteiger partial charge in [0.1, 0.15) is 0 Å². The van der Waals surface area contributed by atoms with E-state index in [-0.39, 0.29) is 11.6 Å². The van der Waals surface area contributed by atoms with Crippen LogP contribution in [-0.4, -0.2) is 12.2 Å². The number of ether oxygens (including phenoxy) is 1. The van der Waals surface area contributed by atoms with Crippen LogP contribution in [0.3, 0.4) is 0 Å². The normalized spacial score (nSPS) is 25.3. The number of hydrogen-bond donors (Lipinski definition) is 1. The Labute approximate surface area is 111 Å². The summed E-state index contributed by atoms with van der Waals surface area (Å²) in [5.41, 5.74) is 10.3. The van der Waals surface area contributed by atoms with Crippen LogP contribution < -0.4 is 5.73 Å². The number of benzene rings is 1. The highest BCUT2D eigenvalue weighted by Gasteiger charge is 2.37. The molecule has 1 heterocycles. The van der Waals surface area contributed by atoms with Crippen molar-refractivity contribution in [1.29, 1.82) is 0 Å². The maximum atomic E-state index is 6.42. The van der Waals surface area contributed by atoms with E-state index in [1.807, 2.05) is 0 Å². The Balaban J connectivity index is 2.27. The third-order valence-electron chi connectivity index (χ3n) is 4.26. The van der Waals surface area contributed by atoms with E-state index in [4.69, 9.17) is 10.5 Å². The molecular weight excluding hydrogens is 222 g/mol. The summed E-state index contributed by atoms with van der Waals surface area (Å²) < 4.78 is 5.86. The zero-order valence-corrected chi connectivity index (χ0v) is 11.8. The van der Waals surface area contributed by atoms with Crippen molar-refractivity contribution in [3.8, 4) is 0 Å². The standard InChI is InChI=1S/C16H25NO/c1-4-12-7-8-14(11-13(12)5-2)15(17)16(3)9-6-10-18-16/h7-8,11,15H,4-6,9-10,17H2,1-3H3. The lowest BCUT2D eigenvalue weighted by Gasteiger charge is -2.31. The molecule has 1 aliphatic rings. The van der Waals surface area contributed by atoms with Crippen molar-refractivity contribution in [2.24, 2.45) is 5.73 Å². The van der Waals surface area contributed by atoms with Crippen LogP contribution in [0, 0.1) is 0 Å². The Bertz CT molecular complexity index is 408. The first kappa shape index (κ1) is 13.6. The predicted molar refractivity (Wildman–Crippen MR) is 75.7 cm³/mol. The van der Waals surface area contributed by atoms with E-state index >= 15 is 0 Å². The second-order valence-corrected chi connectivity index (χ2v) is 5.48. The fourth-order valence-corrected chi connectivity index (χ4v) is 2.91. The fourth-order valence-electron chi connectivity index (χ4n) is 2.91. The first-order valence-corrected chi connectivity index (χ1v) is 7.12. The van der Waals surface area contributed by atoms with Gasteiger partial charge in [0.2, 0.25) is 0 Å². The number of hydrogen-bond acceptors (Lipinski definition) is 2. The highest BCUT2D eigenvalue weighted by Crippen LogP contribution is 2.36. The molecule has 18 heavy (non-hydrogen) atoms. The van der Waals surface area contributed by atoms with Crippen LogP contribution in [0.4, 0.5) is 0 Å². The van der Waals surface area contributed by atoms with E-state index in [0.717, 1.165) is 32.3 Å². The highest BCUT2D eigenvalue weighted by molar-refractivity contribution is 5.34. The molecule has 0 spiro atoms. The summed E-state index contributed by atoms with van der Waals surface area (Å²) in [6, 6.07) is 6.66. The van der Waals surface area contributed by atoms with Gasteiger partial charge >= 0.3 is 0 Å². The molecule has 1 aliphatic heterocycles. The van der Waals surface area contributed by atoms with Gasteiger partial charge in [0.05, 0.1) is 11.6 Å². The van der Waals surface area contributed by atoms with Gasteiger partial charge in [-0.05, 0) is 49.3 Å². The average molecular weight is 247 g/mol. The van der Waals surface area contributed by atoms with Crippen LogP contribution >= 0.6 is 0 Å². The molecule has 2 unspecified atom stereocenters. The zero-order valence-electron chi connectivity index (χ0n) is 11.8. The first-order valence-electron chi connectivity index (χ1n) is 7.12. The minimum atomic E-state index is -0.182. The molecule has 2 N–H and O–H groups in total. The molecule has 1 saturated heterocycles. The van der Waals surface area contributed by atoms with Crippen LogP contribution in [0.15, 0.2) is 18.2 Å². The van der Waals surface area contributed by atoms with Gasteiger partial charge in [0.15, 0.2) is 0 Å². The van der Waals surface area contributed by atoms with Crippen molar-refractivity contribution < 1.29 is 4.74 Å². The van der Waals surface area contributed by atoms with Crippen LogP contribution in [0.1, 0.15) is 56.3 Å². The van der Waals surface area contributed by atoms with Gasteiger partial charge in [-0.1, -0.05) is 32.0 Å². The lowest BCUT2D eigenvalue weighted by Crippen LogP contribution is -2.37. The molecule has 0 aliphatic carbocycles. The maximum Gasteiger partial charge on any atom is 0.0847 e. The molecule has 2 rings (SSSR count). The van der Waals surface area contributed by atoms with Gasteiger partial charge in [-0.25, -0.2) is 0 Å². The van der Waals surface area contributed by atoms with Gasteiger partial charge in [0, 0.05) is 6.61 Å². The summed E-state index contributed by atoms with van der Waals surface area (Å²) in [4.78, 5) is 0. The summed E-state index contributed by atoms with van der Waals surface area (Å²) in [7, 11) is 0. The molecule has 0 amide bonds. The van der Waals surface area contributed by atoms with Crippen molar-refractivity contribution in [2.75, 3.05) is 6.61 Å². The van der Waals surface area contributed by atoms with E-state index < -0.39 is 0 Å². The third-order valence-corrected chi connectivity index (χ3v) is 4.26. The molecule has 1 aromatic rings. The van der Waals surface area contributed by atoms with Gasteiger partial charge in [0.25, 0.3) is 0 Å². The molecule has 100 valence electrons. The first-order chi connectivity index (χ1) is 8.60. The Hall–Kier alpha value is -0.860. The smallest absolute Gasteiger partial charge is 0.0847 e. The van der Waals surface area contributed by atoms with Crippen molar-refractivity contribution in [2.45, 2.75) is 58.1 Å². The lowest BCUT2D eigenvalue weighted by molar-refractivity contribution is -0.00175. The number of rotatable bonds is 4. The Morgan fingerprint density at radius 3 is 2.56 bits per heavy atom. The van der Waals surface area contributed by atoms with Crippen molar-refractivity contribution in [3.05, 3.63) is 34.9 Å². The third kappa shape index (κ3) is 2.45. The summed E-state index contributed by atoms with van der Waals surface area (Å²) in [6.45, 7) is 7.40. The van der Waals surface area contributed by atoms with Crippen molar-refractivity contribution in [1.82, 2.24) is 0 Å². The average Bonchev–Trinajstić information content (AvgIpc) is 2.85. The predicted octanol–water partition coefficient (Wildman–Crippen LogP) is 3.38. The topological polar surface area (TPSA) is 35.2 Å². The molecule has 0 radical (unpaired) electrons. The second kappa shape index (κ2) is 5.41. The number of nitrogens with two attached hydrogens (primary N) is 1. The van der Waals surface area contributed by atoms with Gasteiger partial charge in [-0.2, -0.15) is 0 Å². The summed E-state index contributed by atoms with van der Waals surface area (Å²) >= 11 is 0. The van der Waals surface area contributed by atoms with E-state index in [2.05, 4.69) is 39.0 Å². The molecule has 1 aromatic carbocycles. The monoisotopic (exact) mass is 247 g/mol. The lowest BCUT2D eigenvalue weighted by atomic mass is 9.86. The quantitative estimate of drug-likeness (QED) is 0.885. The van der Waals surface area contributed by atoms with E-state index in [9.17, 15) is 0 Å². The largest absolute Gasteiger partial charge is 0.373 e. The Morgan fingerprint density at radius 1 is 1.28 bits per heavy atom. The van der Waals surface area contributed by atoms with Gasteiger partial charge < -0.3 is 10.5 Å². The van der Waals surface area contributed by atoms with Crippen LogP contribution in [0.25, 0.3) is 0 Å². The summed E-state index contributed by atoms with van der Waals surface area (Å²) in [6.07, 6.45) is 4.34. The molecular formula is C16H25NO. The van der Waals surface area contributed by atoms with E-state index in [1.165, 1.54) is 16.7 Å². The summed E-state index contributed by atoms with van der Waals surface area (Å²) in [5.74, 6) is 0. The minimum Gasteiger partial charge on any atom is -0.373 e. The highest BCUT2D eigenvalue weighted by atomic mass is 16.5. The molecule has 0 aromatic heterocycles. The number of aryl methyl sites for hydroxylation is 2. The Kier molecular flexibility index (Phi) is 4.08. The van der Waals surface area contributed by atoms with E-state index in [0.29, 0.717) is 0 Å². The van der Waals surface area contributed by atoms with Crippen molar-refractivity contribution >= 4 is 0 Å². The van der Waals surface area contributed by atoms with Crippen LogP contribution in [-0.2, 0) is 17.6 Å². The molecule has 0 bridgehead atoms. The molecule has 0 saturated carbocycles.